The van der Waals surface area contributed by atoms with Crippen LogP contribution in [0.5, 0.6) is 5.75 Å². The topological polar surface area (TPSA) is 101 Å². The molecule has 126 valence electrons. The first kappa shape index (κ1) is 17.3. The molecule has 1 amide bonds. The number of carboxylic acids is 1. The number of benzene rings is 1. The van der Waals surface area contributed by atoms with E-state index in [2.05, 4.69) is 0 Å². The molecule has 2 rings (SSSR count). The van der Waals surface area contributed by atoms with Crippen molar-refractivity contribution in [1.29, 1.82) is 0 Å². The molecule has 0 aromatic heterocycles. The standard InChI is InChI=1S/C15H19NO6S/c1-10(22-13-5-3-11(4-6-13)15(18)19)14(17)16(2)12-7-8-23(20,21)9-12/h3-6,10,12H,7-9H2,1-2H3,(H,18,19)/t10-,12-/m0/s1. The number of carbonyl (C=O) groups excluding carboxylic acids is 1. The van der Waals surface area contributed by atoms with Crippen molar-refractivity contribution in [2.24, 2.45) is 0 Å². The maximum Gasteiger partial charge on any atom is 0.335 e. The lowest BCUT2D eigenvalue weighted by atomic mass is 10.2. The van der Waals surface area contributed by atoms with Crippen LogP contribution in [0.25, 0.3) is 0 Å². The number of likely N-dealkylation sites (N-methyl/N-ethyl adjacent to an activating group) is 1. The molecule has 1 aliphatic heterocycles. The summed E-state index contributed by atoms with van der Waals surface area (Å²) in [5.74, 6) is -0.892. The second-order valence-electron chi connectivity index (χ2n) is 5.60. The molecule has 0 radical (unpaired) electrons. The number of hydrogen-bond acceptors (Lipinski definition) is 5. The van der Waals surface area contributed by atoms with Crippen molar-refractivity contribution >= 4 is 21.7 Å². The van der Waals surface area contributed by atoms with Gasteiger partial charge < -0.3 is 14.7 Å². The van der Waals surface area contributed by atoms with Gasteiger partial charge in [0.2, 0.25) is 0 Å². The lowest BCUT2D eigenvalue weighted by Crippen LogP contribution is -2.44. The molecule has 1 N–H and O–H groups in total. The van der Waals surface area contributed by atoms with Crippen molar-refractivity contribution in [2.45, 2.75) is 25.5 Å². The highest BCUT2D eigenvalue weighted by atomic mass is 32.2. The lowest BCUT2D eigenvalue weighted by Gasteiger charge is -2.26. The van der Waals surface area contributed by atoms with Crippen LogP contribution in [0.4, 0.5) is 0 Å². The Morgan fingerprint density at radius 3 is 2.39 bits per heavy atom. The molecule has 1 heterocycles. The normalized spacial score (nSPS) is 20.7. The molecule has 1 aromatic carbocycles. The van der Waals surface area contributed by atoms with Crippen LogP contribution in [0.1, 0.15) is 23.7 Å². The van der Waals surface area contributed by atoms with Gasteiger partial charge in [0.15, 0.2) is 15.9 Å². The molecule has 0 bridgehead atoms. The van der Waals surface area contributed by atoms with Crippen molar-refractivity contribution in [3.8, 4) is 5.75 Å². The number of rotatable bonds is 5. The summed E-state index contributed by atoms with van der Waals surface area (Å²) in [7, 11) is -1.49. The van der Waals surface area contributed by atoms with E-state index >= 15 is 0 Å². The van der Waals surface area contributed by atoms with E-state index in [1.54, 1.807) is 14.0 Å². The Morgan fingerprint density at radius 2 is 1.91 bits per heavy atom. The lowest BCUT2D eigenvalue weighted by molar-refractivity contribution is -0.138. The first-order valence-corrected chi connectivity index (χ1v) is 8.99. The van der Waals surface area contributed by atoms with Crippen LogP contribution >= 0.6 is 0 Å². The van der Waals surface area contributed by atoms with Crippen LogP contribution in [-0.4, -0.2) is 61.0 Å². The maximum atomic E-state index is 12.3. The van der Waals surface area contributed by atoms with Gasteiger partial charge in [0.1, 0.15) is 5.75 Å². The zero-order chi connectivity index (χ0) is 17.2. The zero-order valence-corrected chi connectivity index (χ0v) is 13.7. The monoisotopic (exact) mass is 341 g/mol. The number of carbonyl (C=O) groups is 2. The summed E-state index contributed by atoms with van der Waals surface area (Å²) in [4.78, 5) is 24.5. The fraction of sp³-hybridized carbons (Fsp3) is 0.467. The predicted octanol–water partition coefficient (Wildman–Crippen LogP) is 0.798. The van der Waals surface area contributed by atoms with Crippen LogP contribution in [0, 0.1) is 0 Å². The van der Waals surface area contributed by atoms with Gasteiger partial charge in [0.25, 0.3) is 5.91 Å². The molecular formula is C15H19NO6S. The smallest absolute Gasteiger partial charge is 0.335 e. The highest BCUT2D eigenvalue weighted by Crippen LogP contribution is 2.19. The van der Waals surface area contributed by atoms with Crippen LogP contribution < -0.4 is 4.74 Å². The summed E-state index contributed by atoms with van der Waals surface area (Å²) in [5, 5.41) is 8.83. The summed E-state index contributed by atoms with van der Waals surface area (Å²) in [6.07, 6.45) is -0.357. The third-order valence-electron chi connectivity index (χ3n) is 3.87. The highest BCUT2D eigenvalue weighted by Gasteiger charge is 2.34. The van der Waals surface area contributed by atoms with Gasteiger partial charge in [-0.15, -0.1) is 0 Å². The van der Waals surface area contributed by atoms with Gasteiger partial charge in [-0.3, -0.25) is 4.79 Å². The highest BCUT2D eigenvalue weighted by molar-refractivity contribution is 7.91. The molecule has 1 aromatic rings. The summed E-state index contributed by atoms with van der Waals surface area (Å²) in [5.41, 5.74) is 0.129. The fourth-order valence-corrected chi connectivity index (χ4v) is 4.25. The van der Waals surface area contributed by atoms with E-state index in [0.29, 0.717) is 12.2 Å². The largest absolute Gasteiger partial charge is 0.481 e. The van der Waals surface area contributed by atoms with Crippen molar-refractivity contribution < 1.29 is 27.9 Å². The summed E-state index contributed by atoms with van der Waals surface area (Å²) in [6, 6.07) is 5.41. The predicted molar refractivity (Wildman–Crippen MR) is 83.3 cm³/mol. The van der Waals surface area contributed by atoms with E-state index in [1.165, 1.54) is 29.2 Å². The van der Waals surface area contributed by atoms with Crippen LogP contribution in [0.3, 0.4) is 0 Å². The molecule has 0 aliphatic carbocycles. The first-order chi connectivity index (χ1) is 10.7. The maximum absolute atomic E-state index is 12.3. The summed E-state index contributed by atoms with van der Waals surface area (Å²) in [6.45, 7) is 1.58. The van der Waals surface area contributed by atoms with Gasteiger partial charge in [-0.1, -0.05) is 0 Å². The van der Waals surface area contributed by atoms with Crippen LogP contribution in [0.2, 0.25) is 0 Å². The molecule has 1 aliphatic rings. The van der Waals surface area contributed by atoms with E-state index < -0.39 is 21.9 Å². The molecule has 2 atom stereocenters. The van der Waals surface area contributed by atoms with Gasteiger partial charge in [-0.2, -0.15) is 0 Å². The fourth-order valence-electron chi connectivity index (χ4n) is 2.48. The number of ether oxygens (including phenoxy) is 1. The number of nitrogens with zero attached hydrogens (tertiary/aromatic N) is 1. The Morgan fingerprint density at radius 1 is 1.30 bits per heavy atom. The minimum Gasteiger partial charge on any atom is -0.481 e. The average molecular weight is 341 g/mol. The van der Waals surface area contributed by atoms with Gasteiger partial charge in [-0.25, -0.2) is 13.2 Å². The molecule has 0 unspecified atom stereocenters. The van der Waals surface area contributed by atoms with Crippen LogP contribution in [-0.2, 0) is 14.6 Å². The van der Waals surface area contributed by atoms with Gasteiger partial charge >= 0.3 is 5.97 Å². The third kappa shape index (κ3) is 4.22. The van der Waals surface area contributed by atoms with Crippen molar-refractivity contribution in [2.75, 3.05) is 18.6 Å². The van der Waals surface area contributed by atoms with E-state index in [9.17, 15) is 18.0 Å². The third-order valence-corrected chi connectivity index (χ3v) is 5.62. The molecule has 1 saturated heterocycles. The van der Waals surface area contributed by atoms with Crippen molar-refractivity contribution in [3.63, 3.8) is 0 Å². The SMILES string of the molecule is C[C@H](Oc1ccc(C(=O)O)cc1)C(=O)N(C)[C@H]1CCS(=O)(=O)C1. The Hall–Kier alpha value is -2.09. The Bertz CT molecular complexity index is 697. The van der Waals surface area contributed by atoms with Gasteiger partial charge in [0, 0.05) is 13.1 Å². The van der Waals surface area contributed by atoms with Crippen molar-refractivity contribution in [1.82, 2.24) is 4.90 Å². The average Bonchev–Trinajstić information content (AvgIpc) is 2.86. The number of carboxylic acid groups (broad SMARTS) is 1. The van der Waals surface area contributed by atoms with Gasteiger partial charge in [-0.05, 0) is 37.6 Å². The number of aromatic carboxylic acids is 1. The number of sulfone groups is 1. The zero-order valence-electron chi connectivity index (χ0n) is 12.9. The molecule has 7 nitrogen and oxygen atoms in total. The summed E-state index contributed by atoms with van der Waals surface area (Å²) >= 11 is 0. The molecule has 8 heteroatoms. The van der Waals surface area contributed by atoms with E-state index in [0.717, 1.165) is 0 Å². The minimum absolute atomic E-state index is 0.0186. The molecule has 0 saturated carbocycles. The molecular weight excluding hydrogens is 322 g/mol. The van der Waals surface area contributed by atoms with Crippen molar-refractivity contribution in [3.05, 3.63) is 29.8 Å². The molecule has 1 fully saturated rings. The minimum atomic E-state index is -3.06. The number of amides is 1. The molecule has 23 heavy (non-hydrogen) atoms. The van der Waals surface area contributed by atoms with E-state index in [-0.39, 0.29) is 29.0 Å². The molecule has 0 spiro atoms. The Labute approximate surface area is 134 Å². The first-order valence-electron chi connectivity index (χ1n) is 7.17. The quantitative estimate of drug-likeness (QED) is 0.850. The van der Waals surface area contributed by atoms with Gasteiger partial charge in [0.05, 0.1) is 17.1 Å². The Kier molecular flexibility index (Phi) is 4.93. The van der Waals surface area contributed by atoms with E-state index in [4.69, 9.17) is 9.84 Å². The Balaban J connectivity index is 1.98. The second-order valence-corrected chi connectivity index (χ2v) is 7.82. The summed E-state index contributed by atoms with van der Waals surface area (Å²) < 4.78 is 28.5. The number of hydrogen-bond donors (Lipinski definition) is 1. The second kappa shape index (κ2) is 6.57. The van der Waals surface area contributed by atoms with Crippen LogP contribution in [0.15, 0.2) is 24.3 Å². The van der Waals surface area contributed by atoms with E-state index in [1.807, 2.05) is 0 Å².